The monoisotopic (exact) mass is 568 g/mol. The summed E-state index contributed by atoms with van der Waals surface area (Å²) in [5, 5.41) is 0. The highest BCUT2D eigenvalue weighted by molar-refractivity contribution is 7.99. The molecule has 4 heteroatoms. The van der Waals surface area contributed by atoms with Crippen molar-refractivity contribution in [2.75, 3.05) is 18.6 Å². The lowest BCUT2D eigenvalue weighted by molar-refractivity contribution is -0.149. The van der Waals surface area contributed by atoms with Crippen molar-refractivity contribution in [3.63, 3.8) is 0 Å². The predicted octanol–water partition coefficient (Wildman–Crippen LogP) is 10.0. The summed E-state index contributed by atoms with van der Waals surface area (Å²) in [5.74, 6) is 3.68. The number of ether oxygens (including phenoxy) is 2. The van der Waals surface area contributed by atoms with Crippen LogP contribution in [-0.4, -0.2) is 30.7 Å². The predicted molar refractivity (Wildman–Crippen MR) is 174 cm³/mol. The number of thioether (sulfide) groups is 1. The summed E-state index contributed by atoms with van der Waals surface area (Å²) < 4.78 is 10.7. The van der Waals surface area contributed by atoms with E-state index in [1.54, 1.807) is 7.11 Å². The SMILES string of the molecule is C=C(CCCSCC)CC(C)OC(=O)CC1CCCCC1.C=C1CCC(/C=C/CCc2cccc(COC)c2)C1. The molecule has 2 aliphatic carbocycles. The van der Waals surface area contributed by atoms with E-state index in [0.717, 1.165) is 31.6 Å². The number of benzene rings is 1. The summed E-state index contributed by atoms with van der Waals surface area (Å²) in [6.07, 6.45) is 20.6. The quantitative estimate of drug-likeness (QED) is 0.113. The van der Waals surface area contributed by atoms with Crippen LogP contribution < -0.4 is 0 Å². The summed E-state index contributed by atoms with van der Waals surface area (Å²) in [6.45, 7) is 13.1. The molecule has 40 heavy (non-hydrogen) atoms. The first-order chi connectivity index (χ1) is 19.4. The van der Waals surface area contributed by atoms with Crippen LogP contribution >= 0.6 is 11.8 Å². The van der Waals surface area contributed by atoms with Crippen molar-refractivity contribution < 1.29 is 14.3 Å². The van der Waals surface area contributed by atoms with Crippen LogP contribution in [0.15, 0.2) is 60.7 Å². The highest BCUT2D eigenvalue weighted by Crippen LogP contribution is 2.30. The van der Waals surface area contributed by atoms with E-state index in [4.69, 9.17) is 9.47 Å². The van der Waals surface area contributed by atoms with E-state index in [1.807, 2.05) is 18.7 Å². The number of esters is 1. The van der Waals surface area contributed by atoms with Crippen molar-refractivity contribution in [2.24, 2.45) is 11.8 Å². The van der Waals surface area contributed by atoms with E-state index in [1.165, 1.54) is 91.6 Å². The van der Waals surface area contributed by atoms with Gasteiger partial charge in [-0.1, -0.05) is 86.9 Å². The molecule has 2 unspecified atom stereocenters. The van der Waals surface area contributed by atoms with E-state index in [0.29, 0.717) is 18.9 Å². The van der Waals surface area contributed by atoms with Gasteiger partial charge in [0.1, 0.15) is 6.10 Å². The smallest absolute Gasteiger partial charge is 0.306 e. The fourth-order valence-corrected chi connectivity index (χ4v) is 6.36. The average Bonchev–Trinajstić information content (AvgIpc) is 3.35. The fourth-order valence-electron chi connectivity index (χ4n) is 5.73. The van der Waals surface area contributed by atoms with Crippen LogP contribution in [0.3, 0.4) is 0 Å². The van der Waals surface area contributed by atoms with Crippen LogP contribution in [0.1, 0.15) is 108 Å². The van der Waals surface area contributed by atoms with Crippen LogP contribution in [0.2, 0.25) is 0 Å². The Morgan fingerprint density at radius 3 is 2.65 bits per heavy atom. The second-order valence-electron chi connectivity index (χ2n) is 11.7. The second-order valence-corrected chi connectivity index (χ2v) is 13.1. The van der Waals surface area contributed by atoms with Crippen molar-refractivity contribution in [2.45, 2.75) is 116 Å². The van der Waals surface area contributed by atoms with Gasteiger partial charge in [-0.05, 0) is 99.2 Å². The summed E-state index contributed by atoms with van der Waals surface area (Å²) >= 11 is 1.97. The van der Waals surface area contributed by atoms with Crippen molar-refractivity contribution >= 4 is 17.7 Å². The van der Waals surface area contributed by atoms with E-state index < -0.39 is 0 Å². The first-order valence-electron chi connectivity index (χ1n) is 15.7. The number of hydrogen-bond acceptors (Lipinski definition) is 4. The van der Waals surface area contributed by atoms with Gasteiger partial charge in [0.25, 0.3) is 0 Å². The Morgan fingerprint density at radius 2 is 1.95 bits per heavy atom. The molecule has 0 spiro atoms. The maximum absolute atomic E-state index is 11.9. The number of allylic oxidation sites excluding steroid dienone is 3. The Hall–Kier alpha value is -1.78. The molecule has 224 valence electrons. The minimum absolute atomic E-state index is 0.0104. The van der Waals surface area contributed by atoms with Crippen LogP contribution in [0.5, 0.6) is 0 Å². The van der Waals surface area contributed by atoms with E-state index >= 15 is 0 Å². The normalized spacial score (nSPS) is 18.4. The number of methoxy groups -OCH3 is 1. The number of hydrogen-bond donors (Lipinski definition) is 0. The van der Waals surface area contributed by atoms with Gasteiger partial charge in [-0.15, -0.1) is 0 Å². The molecule has 0 aliphatic heterocycles. The minimum Gasteiger partial charge on any atom is -0.462 e. The molecule has 0 heterocycles. The number of carbonyl (C=O) groups is 1. The molecule has 2 saturated carbocycles. The lowest BCUT2D eigenvalue weighted by Gasteiger charge is -2.22. The summed E-state index contributed by atoms with van der Waals surface area (Å²) in [4.78, 5) is 11.9. The molecule has 0 radical (unpaired) electrons. The van der Waals surface area contributed by atoms with Crippen molar-refractivity contribution in [3.05, 3.63) is 71.8 Å². The van der Waals surface area contributed by atoms with Gasteiger partial charge in [0.05, 0.1) is 6.61 Å². The van der Waals surface area contributed by atoms with Gasteiger partial charge >= 0.3 is 5.97 Å². The molecule has 1 aromatic carbocycles. The minimum atomic E-state index is -0.0209. The average molecular weight is 569 g/mol. The van der Waals surface area contributed by atoms with Crippen molar-refractivity contribution in [3.8, 4) is 0 Å². The molecular weight excluding hydrogens is 512 g/mol. The Balaban J connectivity index is 0.000000281. The van der Waals surface area contributed by atoms with Gasteiger partial charge in [0.15, 0.2) is 0 Å². The number of aryl methyl sites for hydroxylation is 1. The maximum Gasteiger partial charge on any atom is 0.306 e. The van der Waals surface area contributed by atoms with Crippen LogP contribution in [-0.2, 0) is 27.3 Å². The van der Waals surface area contributed by atoms with E-state index in [-0.39, 0.29) is 12.1 Å². The number of carbonyl (C=O) groups excluding carboxylic acids is 1. The van der Waals surface area contributed by atoms with Crippen LogP contribution in [0, 0.1) is 11.8 Å². The van der Waals surface area contributed by atoms with Gasteiger partial charge < -0.3 is 9.47 Å². The first kappa shape index (κ1) is 34.4. The van der Waals surface area contributed by atoms with Gasteiger partial charge in [0, 0.05) is 20.0 Å². The molecule has 3 rings (SSSR count). The molecule has 2 fully saturated rings. The molecule has 0 amide bonds. The Bertz CT molecular complexity index is 899. The fraction of sp³-hybridized carbons (Fsp3) is 0.639. The van der Waals surface area contributed by atoms with Gasteiger partial charge in [-0.2, -0.15) is 11.8 Å². The summed E-state index contributed by atoms with van der Waals surface area (Å²) in [6, 6.07) is 8.68. The molecule has 0 saturated heterocycles. The maximum atomic E-state index is 11.9. The zero-order valence-corrected chi connectivity index (χ0v) is 26.6. The Labute approximate surface area is 250 Å². The lowest BCUT2D eigenvalue weighted by atomic mass is 9.87. The second kappa shape index (κ2) is 21.0. The first-order valence-corrected chi connectivity index (χ1v) is 16.9. The molecular formula is C36H56O3S. The summed E-state index contributed by atoms with van der Waals surface area (Å²) in [5.41, 5.74) is 5.29. The van der Waals surface area contributed by atoms with Crippen LogP contribution in [0.4, 0.5) is 0 Å². The van der Waals surface area contributed by atoms with Gasteiger partial charge in [0.2, 0.25) is 0 Å². The Kier molecular flexibility index (Phi) is 18.1. The zero-order chi connectivity index (χ0) is 29.0. The van der Waals surface area contributed by atoms with Crippen LogP contribution in [0.25, 0.3) is 0 Å². The molecule has 1 aromatic rings. The highest BCUT2D eigenvalue weighted by Gasteiger charge is 2.19. The Morgan fingerprint density at radius 1 is 1.18 bits per heavy atom. The molecule has 2 atom stereocenters. The third-order valence-corrected chi connectivity index (χ3v) is 8.83. The summed E-state index contributed by atoms with van der Waals surface area (Å²) in [7, 11) is 1.74. The van der Waals surface area contributed by atoms with Crippen molar-refractivity contribution in [1.82, 2.24) is 0 Å². The largest absolute Gasteiger partial charge is 0.462 e. The third-order valence-electron chi connectivity index (χ3n) is 7.84. The molecule has 0 bridgehead atoms. The van der Waals surface area contributed by atoms with E-state index in [9.17, 15) is 4.79 Å². The zero-order valence-electron chi connectivity index (χ0n) is 25.8. The molecule has 3 nitrogen and oxygen atoms in total. The molecule has 2 aliphatic rings. The standard InChI is InChI=1S/C18H32O2S.C18H24O/c1-4-21-12-8-9-15(2)13-16(3)20-18(19)14-17-10-6-5-7-11-17;1-15-10-11-17(12-15)7-4-3-6-16-8-5-9-18(13-16)14-19-2/h16-17H,2,4-14H2,1,3H3;4-5,7-9,13,17H,1,3,6,10-12,14H2,2H3/b;7-4+. The molecule has 0 aromatic heterocycles. The highest BCUT2D eigenvalue weighted by atomic mass is 32.2. The van der Waals surface area contributed by atoms with Crippen molar-refractivity contribution in [1.29, 1.82) is 0 Å². The molecule has 0 N–H and O–H groups in total. The number of rotatable bonds is 16. The van der Waals surface area contributed by atoms with E-state index in [2.05, 4.69) is 56.5 Å². The van der Waals surface area contributed by atoms with Gasteiger partial charge in [-0.3, -0.25) is 4.79 Å². The third kappa shape index (κ3) is 15.9. The van der Waals surface area contributed by atoms with Gasteiger partial charge in [-0.25, -0.2) is 0 Å². The topological polar surface area (TPSA) is 35.5 Å². The lowest BCUT2D eigenvalue weighted by Crippen LogP contribution is -2.19.